The van der Waals surface area contributed by atoms with Gasteiger partial charge in [-0.25, -0.2) is 0 Å². The third-order valence-electron chi connectivity index (χ3n) is 0.755. The SMILES string of the molecule is CC(=O)C(SCl)=C(C)N. The van der Waals surface area contributed by atoms with Crippen molar-refractivity contribution in [1.82, 2.24) is 0 Å². The van der Waals surface area contributed by atoms with E-state index < -0.39 is 0 Å². The molecule has 0 aromatic rings. The molecule has 9 heavy (non-hydrogen) atoms. The van der Waals surface area contributed by atoms with Crippen molar-refractivity contribution < 1.29 is 4.79 Å². The van der Waals surface area contributed by atoms with Crippen LogP contribution in [0.5, 0.6) is 0 Å². The Morgan fingerprint density at radius 2 is 2.00 bits per heavy atom. The fourth-order valence-corrected chi connectivity index (χ4v) is 1.31. The largest absolute Gasteiger partial charge is 0.401 e. The van der Waals surface area contributed by atoms with Crippen molar-refractivity contribution in [3.05, 3.63) is 10.6 Å². The molecular formula is C5H8ClNOS. The summed E-state index contributed by atoms with van der Waals surface area (Å²) in [6.45, 7) is 3.08. The number of halogens is 1. The zero-order valence-electron chi connectivity index (χ0n) is 5.27. The fraction of sp³-hybridized carbons (Fsp3) is 0.400. The molecule has 0 aromatic carbocycles. The van der Waals surface area contributed by atoms with Crippen LogP contribution in [0.25, 0.3) is 0 Å². The molecule has 2 nitrogen and oxygen atoms in total. The highest BCUT2D eigenvalue weighted by molar-refractivity contribution is 8.24. The van der Waals surface area contributed by atoms with E-state index in [-0.39, 0.29) is 5.78 Å². The third-order valence-corrected chi connectivity index (χ3v) is 1.98. The number of allylic oxidation sites excluding steroid dienone is 2. The highest BCUT2D eigenvalue weighted by Crippen LogP contribution is 2.22. The summed E-state index contributed by atoms with van der Waals surface area (Å²) in [5.74, 6) is -0.0880. The van der Waals surface area contributed by atoms with Crippen molar-refractivity contribution >= 4 is 27.4 Å². The van der Waals surface area contributed by atoms with Crippen LogP contribution >= 0.6 is 21.7 Å². The maximum atomic E-state index is 10.6. The lowest BCUT2D eigenvalue weighted by Gasteiger charge is -1.96. The highest BCUT2D eigenvalue weighted by atomic mass is 35.7. The van der Waals surface area contributed by atoms with E-state index in [1.165, 1.54) is 6.92 Å². The Morgan fingerprint density at radius 1 is 1.56 bits per heavy atom. The number of carbonyl (C=O) groups is 1. The topological polar surface area (TPSA) is 43.1 Å². The Balaban J connectivity index is 4.35. The van der Waals surface area contributed by atoms with Gasteiger partial charge in [0.25, 0.3) is 0 Å². The van der Waals surface area contributed by atoms with Crippen molar-refractivity contribution in [2.75, 3.05) is 0 Å². The quantitative estimate of drug-likeness (QED) is 0.633. The summed E-state index contributed by atoms with van der Waals surface area (Å²) in [5, 5.41) is 0. The first-order valence-corrected chi connectivity index (χ1v) is 3.99. The lowest BCUT2D eigenvalue weighted by molar-refractivity contribution is -0.113. The molecule has 0 radical (unpaired) electrons. The molecule has 0 aliphatic rings. The summed E-state index contributed by atoms with van der Waals surface area (Å²) in [4.78, 5) is 11.0. The molecule has 2 N–H and O–H groups in total. The van der Waals surface area contributed by atoms with E-state index in [0.717, 1.165) is 11.0 Å². The smallest absolute Gasteiger partial charge is 0.169 e. The molecule has 0 atom stereocenters. The predicted molar refractivity (Wildman–Crippen MR) is 41.0 cm³/mol. The maximum Gasteiger partial charge on any atom is 0.169 e. The minimum absolute atomic E-state index is 0.0880. The van der Waals surface area contributed by atoms with E-state index in [0.29, 0.717) is 10.6 Å². The maximum absolute atomic E-state index is 10.6. The van der Waals surface area contributed by atoms with Gasteiger partial charge in [-0.2, -0.15) is 0 Å². The molecule has 4 heteroatoms. The van der Waals surface area contributed by atoms with Crippen molar-refractivity contribution in [3.8, 4) is 0 Å². The van der Waals surface area contributed by atoms with Gasteiger partial charge in [0.1, 0.15) is 0 Å². The standard InChI is InChI=1S/C5H8ClNOS/c1-3(7)5(9-6)4(2)8/h7H2,1-2H3. The summed E-state index contributed by atoms with van der Waals surface area (Å²) in [7, 11) is 6.18. The summed E-state index contributed by atoms with van der Waals surface area (Å²) < 4.78 is 0. The zero-order valence-corrected chi connectivity index (χ0v) is 6.84. The minimum atomic E-state index is -0.0880. The Labute approximate surface area is 62.9 Å². The van der Waals surface area contributed by atoms with Gasteiger partial charge >= 0.3 is 0 Å². The van der Waals surface area contributed by atoms with Gasteiger partial charge in [-0.1, -0.05) is 0 Å². The molecule has 0 aliphatic heterocycles. The Bertz CT molecular complexity index is 151. The second-order valence-electron chi connectivity index (χ2n) is 1.65. The molecule has 0 bridgehead atoms. The molecule has 0 amide bonds. The van der Waals surface area contributed by atoms with E-state index >= 15 is 0 Å². The minimum Gasteiger partial charge on any atom is -0.401 e. The van der Waals surface area contributed by atoms with Crippen molar-refractivity contribution in [2.45, 2.75) is 13.8 Å². The van der Waals surface area contributed by atoms with Crippen LogP contribution in [0, 0.1) is 0 Å². The second-order valence-corrected chi connectivity index (χ2v) is 2.67. The second kappa shape index (κ2) is 3.80. The lowest BCUT2D eigenvalue weighted by atomic mass is 10.3. The lowest BCUT2D eigenvalue weighted by Crippen LogP contribution is -2.01. The Hall–Kier alpha value is -0.150. The average Bonchev–Trinajstić information content (AvgIpc) is 1.64. The van der Waals surface area contributed by atoms with E-state index in [2.05, 4.69) is 0 Å². The van der Waals surface area contributed by atoms with Gasteiger partial charge in [0.15, 0.2) is 5.78 Å². The molecule has 0 saturated heterocycles. The van der Waals surface area contributed by atoms with Crippen LogP contribution in [-0.2, 0) is 4.79 Å². The first kappa shape index (κ1) is 8.85. The molecule has 0 rings (SSSR count). The predicted octanol–water partition coefficient (Wildman–Crippen LogP) is 1.65. The molecule has 0 aliphatic carbocycles. The van der Waals surface area contributed by atoms with Crippen LogP contribution in [0.15, 0.2) is 10.6 Å². The van der Waals surface area contributed by atoms with Crippen molar-refractivity contribution in [3.63, 3.8) is 0 Å². The number of carbonyl (C=O) groups excluding carboxylic acids is 1. The van der Waals surface area contributed by atoms with Gasteiger partial charge in [-0.15, -0.1) is 0 Å². The van der Waals surface area contributed by atoms with Crippen LogP contribution in [0.3, 0.4) is 0 Å². The summed E-state index contributed by atoms with van der Waals surface area (Å²) in [6.07, 6.45) is 0. The van der Waals surface area contributed by atoms with Gasteiger partial charge in [-0.3, -0.25) is 4.79 Å². The molecule has 0 heterocycles. The van der Waals surface area contributed by atoms with Gasteiger partial charge in [-0.05, 0) is 35.5 Å². The molecule has 0 saturated carbocycles. The van der Waals surface area contributed by atoms with Crippen LogP contribution in [0.2, 0.25) is 0 Å². The number of Topliss-reactive ketones (excluding diaryl/α,β-unsaturated/α-hetero) is 1. The van der Waals surface area contributed by atoms with E-state index in [4.69, 9.17) is 16.4 Å². The van der Waals surface area contributed by atoms with Crippen molar-refractivity contribution in [1.29, 1.82) is 0 Å². The molecule has 0 spiro atoms. The van der Waals surface area contributed by atoms with E-state index in [1.807, 2.05) is 0 Å². The number of ketones is 1. The Morgan fingerprint density at radius 3 is 2.00 bits per heavy atom. The van der Waals surface area contributed by atoms with Crippen molar-refractivity contribution in [2.24, 2.45) is 5.73 Å². The van der Waals surface area contributed by atoms with E-state index in [1.54, 1.807) is 6.92 Å². The van der Waals surface area contributed by atoms with E-state index in [9.17, 15) is 4.79 Å². The summed E-state index contributed by atoms with van der Waals surface area (Å²) in [5.41, 5.74) is 5.78. The van der Waals surface area contributed by atoms with Gasteiger partial charge in [0, 0.05) is 5.70 Å². The first-order valence-electron chi connectivity index (χ1n) is 2.35. The van der Waals surface area contributed by atoms with Crippen LogP contribution in [0.4, 0.5) is 0 Å². The normalized spacial score (nSPS) is 12.8. The van der Waals surface area contributed by atoms with Gasteiger partial charge in [0.05, 0.1) is 4.91 Å². The molecule has 0 aromatic heterocycles. The third kappa shape index (κ3) is 2.77. The summed E-state index contributed by atoms with van der Waals surface area (Å²) >= 11 is 0. The summed E-state index contributed by atoms with van der Waals surface area (Å²) in [6, 6.07) is 0. The molecule has 0 fully saturated rings. The monoisotopic (exact) mass is 165 g/mol. The number of hydrogen-bond donors (Lipinski definition) is 1. The number of rotatable bonds is 2. The average molecular weight is 166 g/mol. The van der Waals surface area contributed by atoms with Crippen LogP contribution < -0.4 is 5.73 Å². The van der Waals surface area contributed by atoms with Gasteiger partial charge in [0.2, 0.25) is 0 Å². The zero-order chi connectivity index (χ0) is 7.44. The molecule has 0 unspecified atom stereocenters. The molecular weight excluding hydrogens is 158 g/mol. The highest BCUT2D eigenvalue weighted by Gasteiger charge is 2.04. The Kier molecular flexibility index (Phi) is 3.73. The first-order chi connectivity index (χ1) is 4.09. The number of nitrogens with two attached hydrogens (primary N) is 1. The van der Waals surface area contributed by atoms with Gasteiger partial charge < -0.3 is 5.73 Å². The fourth-order valence-electron chi connectivity index (χ4n) is 0.393. The number of hydrogen-bond acceptors (Lipinski definition) is 3. The van der Waals surface area contributed by atoms with Crippen LogP contribution in [0.1, 0.15) is 13.8 Å². The van der Waals surface area contributed by atoms with Crippen LogP contribution in [-0.4, -0.2) is 5.78 Å². The molecule has 52 valence electrons.